The highest BCUT2D eigenvalue weighted by Crippen LogP contribution is 2.34. The maximum Gasteiger partial charge on any atom is 0.306 e. The van der Waals surface area contributed by atoms with Crippen molar-refractivity contribution in [2.45, 2.75) is 136 Å². The van der Waals surface area contributed by atoms with E-state index < -0.39 is 0 Å². The van der Waals surface area contributed by atoms with Gasteiger partial charge in [0.1, 0.15) is 11.9 Å². The molecule has 3 rings (SSSR count). The Bertz CT molecular complexity index is 1170. The fraction of sp³-hybridized carbons (Fsp3) is 0.537. The summed E-state index contributed by atoms with van der Waals surface area (Å²) in [4.78, 5) is 12.5. The molecule has 0 spiro atoms. The predicted molar refractivity (Wildman–Crippen MR) is 187 cm³/mol. The number of ether oxygens (including phenoxy) is 2. The number of carbonyl (C=O) groups excluding carboxylic acids is 1. The van der Waals surface area contributed by atoms with Crippen molar-refractivity contribution < 1.29 is 14.3 Å². The zero-order valence-electron chi connectivity index (χ0n) is 28.0. The first-order chi connectivity index (χ1) is 21.6. The number of esters is 1. The van der Waals surface area contributed by atoms with Gasteiger partial charge in [-0.1, -0.05) is 164 Å². The molecule has 44 heavy (non-hydrogen) atoms. The molecule has 3 nitrogen and oxygen atoms in total. The molecular weight excluding hydrogens is 540 g/mol. The third kappa shape index (κ3) is 13.3. The van der Waals surface area contributed by atoms with Crippen LogP contribution in [0.2, 0.25) is 0 Å². The van der Waals surface area contributed by atoms with Crippen LogP contribution in [-0.2, 0) is 9.53 Å². The topological polar surface area (TPSA) is 35.5 Å². The molecule has 240 valence electrons. The van der Waals surface area contributed by atoms with E-state index in [4.69, 9.17) is 9.47 Å². The Kier molecular flexibility index (Phi) is 17.4. The summed E-state index contributed by atoms with van der Waals surface area (Å²) in [5, 5.41) is 0. The van der Waals surface area contributed by atoms with Gasteiger partial charge in [0.25, 0.3) is 0 Å². The number of carbonyl (C=O) groups is 1. The van der Waals surface area contributed by atoms with Crippen LogP contribution in [0.1, 0.15) is 142 Å². The molecule has 0 fully saturated rings. The largest absolute Gasteiger partial charge is 0.494 e. The van der Waals surface area contributed by atoms with Gasteiger partial charge in [-0.15, -0.1) is 0 Å². The smallest absolute Gasteiger partial charge is 0.306 e. The van der Waals surface area contributed by atoms with Gasteiger partial charge in [0.15, 0.2) is 0 Å². The van der Waals surface area contributed by atoms with Crippen molar-refractivity contribution in [2.24, 2.45) is 0 Å². The molecule has 1 unspecified atom stereocenters. The van der Waals surface area contributed by atoms with Gasteiger partial charge in [0, 0.05) is 6.42 Å². The van der Waals surface area contributed by atoms with Crippen molar-refractivity contribution >= 4 is 5.97 Å². The van der Waals surface area contributed by atoms with Crippen LogP contribution in [0.4, 0.5) is 0 Å². The minimum absolute atomic E-state index is 0.0910. The fourth-order valence-corrected chi connectivity index (χ4v) is 5.80. The average molecular weight is 599 g/mol. The third-order valence-electron chi connectivity index (χ3n) is 8.59. The Morgan fingerprint density at radius 3 is 1.55 bits per heavy atom. The summed E-state index contributed by atoms with van der Waals surface area (Å²) in [5.74, 6) is 0.838. The summed E-state index contributed by atoms with van der Waals surface area (Å²) in [6.45, 7) is 7.25. The van der Waals surface area contributed by atoms with E-state index in [1.165, 1.54) is 100 Å². The molecule has 3 heteroatoms. The number of benzene rings is 3. The summed E-state index contributed by atoms with van der Waals surface area (Å²) < 4.78 is 11.8. The monoisotopic (exact) mass is 598 g/mol. The van der Waals surface area contributed by atoms with E-state index >= 15 is 0 Å². The minimum atomic E-state index is -0.251. The maximum atomic E-state index is 12.5. The molecule has 0 amide bonds. The lowest BCUT2D eigenvalue weighted by molar-refractivity contribution is -0.148. The van der Waals surface area contributed by atoms with E-state index in [0.29, 0.717) is 6.42 Å². The molecule has 0 saturated carbocycles. The first-order valence-corrected chi connectivity index (χ1v) is 17.7. The highest BCUT2D eigenvalue weighted by molar-refractivity contribution is 5.83. The van der Waals surface area contributed by atoms with Gasteiger partial charge >= 0.3 is 5.97 Å². The van der Waals surface area contributed by atoms with Crippen LogP contribution in [0, 0.1) is 0 Å². The van der Waals surface area contributed by atoms with Gasteiger partial charge in [-0.05, 0) is 59.7 Å². The Balaban J connectivity index is 1.42. The first kappa shape index (κ1) is 35.4. The lowest BCUT2D eigenvalue weighted by Crippen LogP contribution is -2.08. The Labute approximate surface area is 268 Å². The van der Waals surface area contributed by atoms with E-state index in [1.54, 1.807) is 0 Å². The second-order valence-corrected chi connectivity index (χ2v) is 12.4. The normalized spacial score (nSPS) is 11.8. The summed E-state index contributed by atoms with van der Waals surface area (Å²) in [6.07, 6.45) is 20.5. The van der Waals surface area contributed by atoms with Crippen LogP contribution in [-0.4, -0.2) is 12.6 Å². The van der Waals surface area contributed by atoms with Crippen molar-refractivity contribution in [1.29, 1.82) is 0 Å². The molecule has 0 bridgehead atoms. The quantitative estimate of drug-likeness (QED) is 0.0804. The minimum Gasteiger partial charge on any atom is -0.494 e. The molecule has 3 aromatic rings. The fourth-order valence-electron chi connectivity index (χ4n) is 5.80. The Hall–Kier alpha value is -3.07. The van der Waals surface area contributed by atoms with Gasteiger partial charge in [0.2, 0.25) is 0 Å². The Morgan fingerprint density at radius 2 is 1.02 bits per heavy atom. The van der Waals surface area contributed by atoms with Crippen LogP contribution in [0.5, 0.6) is 5.75 Å². The van der Waals surface area contributed by atoms with Crippen molar-refractivity contribution in [1.82, 2.24) is 0 Å². The third-order valence-corrected chi connectivity index (χ3v) is 8.59. The van der Waals surface area contributed by atoms with Gasteiger partial charge < -0.3 is 9.47 Å². The average Bonchev–Trinajstić information content (AvgIpc) is 3.05. The van der Waals surface area contributed by atoms with Crippen LogP contribution in [0.3, 0.4) is 0 Å². The molecule has 0 aliphatic carbocycles. The zero-order chi connectivity index (χ0) is 31.2. The summed E-state index contributed by atoms with van der Waals surface area (Å²) in [5.41, 5.74) is 5.72. The molecule has 0 radical (unpaired) electrons. The molecule has 0 aliphatic rings. The SMILES string of the molecule is CCCCCCCCCCCCCC(=O)OC(C)c1ccc(-c2ccccc2-c2ccc(OCCCCCCC)cc2)cc1. The highest BCUT2D eigenvalue weighted by Gasteiger charge is 2.13. The number of unbranched alkanes of at least 4 members (excludes halogenated alkanes) is 14. The molecule has 3 aromatic carbocycles. The van der Waals surface area contributed by atoms with E-state index in [9.17, 15) is 4.79 Å². The van der Waals surface area contributed by atoms with Crippen molar-refractivity contribution in [2.75, 3.05) is 6.61 Å². The molecule has 0 N–H and O–H groups in total. The Morgan fingerprint density at radius 1 is 0.568 bits per heavy atom. The van der Waals surface area contributed by atoms with Gasteiger partial charge in [-0.3, -0.25) is 4.79 Å². The number of rotatable bonds is 23. The number of hydrogen-bond acceptors (Lipinski definition) is 3. The second kappa shape index (κ2) is 21.6. The lowest BCUT2D eigenvalue weighted by atomic mass is 9.93. The first-order valence-electron chi connectivity index (χ1n) is 17.7. The van der Waals surface area contributed by atoms with Crippen LogP contribution in [0.15, 0.2) is 72.8 Å². The molecule has 0 aliphatic heterocycles. The van der Waals surface area contributed by atoms with E-state index in [-0.39, 0.29) is 12.1 Å². The molecule has 0 heterocycles. The van der Waals surface area contributed by atoms with E-state index in [1.807, 2.05) is 6.92 Å². The molecule has 0 aromatic heterocycles. The molecule has 0 saturated heterocycles. The second-order valence-electron chi connectivity index (χ2n) is 12.4. The lowest BCUT2D eigenvalue weighted by Gasteiger charge is -2.15. The van der Waals surface area contributed by atoms with Gasteiger partial charge in [-0.25, -0.2) is 0 Å². The summed E-state index contributed by atoms with van der Waals surface area (Å²) in [7, 11) is 0. The van der Waals surface area contributed by atoms with E-state index in [2.05, 4.69) is 86.6 Å². The van der Waals surface area contributed by atoms with Gasteiger partial charge in [-0.2, -0.15) is 0 Å². The molecular formula is C41H58O3. The van der Waals surface area contributed by atoms with Crippen molar-refractivity contribution in [3.63, 3.8) is 0 Å². The zero-order valence-corrected chi connectivity index (χ0v) is 28.0. The van der Waals surface area contributed by atoms with E-state index in [0.717, 1.165) is 42.7 Å². The summed E-state index contributed by atoms with van der Waals surface area (Å²) >= 11 is 0. The number of hydrogen-bond donors (Lipinski definition) is 0. The van der Waals surface area contributed by atoms with Crippen molar-refractivity contribution in [3.8, 4) is 28.0 Å². The predicted octanol–water partition coefficient (Wildman–Crippen LogP) is 12.7. The van der Waals surface area contributed by atoms with Gasteiger partial charge in [0.05, 0.1) is 6.61 Å². The molecule has 1 atom stereocenters. The maximum absolute atomic E-state index is 12.5. The summed E-state index contributed by atoms with van der Waals surface area (Å²) in [6, 6.07) is 25.4. The highest BCUT2D eigenvalue weighted by atomic mass is 16.5. The van der Waals surface area contributed by atoms with Crippen LogP contribution < -0.4 is 4.74 Å². The standard InChI is InChI=1S/C41H58O3/c1-4-6-8-10-11-12-13-14-15-16-18-24-41(42)44-34(3)35-25-27-36(28-26-35)39-22-19-20-23-40(39)37-29-31-38(32-30-37)43-33-21-17-9-7-5-2/h19-20,22-23,25-32,34H,4-18,21,24,33H2,1-3H3. The van der Waals surface area contributed by atoms with Crippen molar-refractivity contribution in [3.05, 3.63) is 78.4 Å². The van der Waals surface area contributed by atoms with Crippen LogP contribution >= 0.6 is 0 Å². The van der Waals surface area contributed by atoms with Crippen LogP contribution in [0.25, 0.3) is 22.3 Å².